The highest BCUT2D eigenvalue weighted by Crippen LogP contribution is 2.35. The van der Waals surface area contributed by atoms with Crippen molar-refractivity contribution >= 4 is 11.8 Å². The van der Waals surface area contributed by atoms with E-state index in [1.54, 1.807) is 17.8 Å². The predicted octanol–water partition coefficient (Wildman–Crippen LogP) is 2.87. The number of thioether (sulfide) groups is 1. The van der Waals surface area contributed by atoms with Gasteiger partial charge in [-0.05, 0) is 23.3 Å². The van der Waals surface area contributed by atoms with Crippen LogP contribution in [0, 0.1) is 0 Å². The van der Waals surface area contributed by atoms with E-state index in [9.17, 15) is 18.3 Å². The third-order valence-electron chi connectivity index (χ3n) is 2.24. The molecular weight excluding hydrogens is 241 g/mol. The number of halogens is 3. The summed E-state index contributed by atoms with van der Waals surface area (Å²) in [5.41, 5.74) is 1.39. The lowest BCUT2D eigenvalue weighted by atomic mass is 10.0. The van der Waals surface area contributed by atoms with Crippen LogP contribution in [0.4, 0.5) is 13.2 Å². The van der Waals surface area contributed by atoms with Crippen LogP contribution in [0.15, 0.2) is 18.2 Å². The van der Waals surface area contributed by atoms with Gasteiger partial charge in [0.25, 0.3) is 0 Å². The Balaban J connectivity index is 2.27. The molecule has 2 rings (SSSR count). The fourth-order valence-corrected chi connectivity index (χ4v) is 2.59. The molecule has 1 aliphatic rings. The summed E-state index contributed by atoms with van der Waals surface area (Å²) in [6.45, 7) is 0. The van der Waals surface area contributed by atoms with Crippen molar-refractivity contribution in [3.05, 3.63) is 29.3 Å². The topological polar surface area (TPSA) is 29.5 Å². The van der Waals surface area contributed by atoms with E-state index >= 15 is 0 Å². The maximum Gasteiger partial charge on any atom is 0.573 e. The van der Waals surface area contributed by atoms with Crippen LogP contribution in [0.25, 0.3) is 0 Å². The first kappa shape index (κ1) is 11.6. The first-order valence-corrected chi connectivity index (χ1v) is 5.75. The summed E-state index contributed by atoms with van der Waals surface area (Å²) in [7, 11) is 0. The van der Waals surface area contributed by atoms with Gasteiger partial charge in [-0.3, -0.25) is 0 Å². The minimum absolute atomic E-state index is 0.280. The third-order valence-corrected chi connectivity index (χ3v) is 3.31. The molecule has 0 aliphatic carbocycles. The standard InChI is InChI=1S/C10H9F3O2S/c11-10(12,13)15-7-2-1-6-4-16-5-9(14)8(6)3-7/h1-3,9,14H,4-5H2/t9-/m1/s1. The van der Waals surface area contributed by atoms with E-state index in [4.69, 9.17) is 0 Å². The Kier molecular flexibility index (Phi) is 3.03. The average molecular weight is 250 g/mol. The molecule has 1 heterocycles. The van der Waals surface area contributed by atoms with Crippen LogP contribution in [0.2, 0.25) is 0 Å². The van der Waals surface area contributed by atoms with Gasteiger partial charge < -0.3 is 9.84 Å². The Morgan fingerprint density at radius 3 is 2.81 bits per heavy atom. The van der Waals surface area contributed by atoms with Crippen molar-refractivity contribution in [3.8, 4) is 5.75 Å². The molecule has 1 aliphatic heterocycles. The van der Waals surface area contributed by atoms with Gasteiger partial charge in [0, 0.05) is 11.5 Å². The van der Waals surface area contributed by atoms with Gasteiger partial charge in [0.15, 0.2) is 0 Å². The quantitative estimate of drug-likeness (QED) is 0.831. The van der Waals surface area contributed by atoms with E-state index in [2.05, 4.69) is 4.74 Å². The van der Waals surface area contributed by atoms with Gasteiger partial charge in [-0.15, -0.1) is 13.2 Å². The molecule has 1 N–H and O–H groups in total. The van der Waals surface area contributed by atoms with Gasteiger partial charge >= 0.3 is 6.36 Å². The van der Waals surface area contributed by atoms with Gasteiger partial charge in [-0.25, -0.2) is 0 Å². The van der Waals surface area contributed by atoms with Crippen molar-refractivity contribution in [2.45, 2.75) is 18.2 Å². The minimum atomic E-state index is -4.69. The number of alkyl halides is 3. The molecule has 2 nitrogen and oxygen atoms in total. The Bertz CT molecular complexity index is 392. The molecule has 0 unspecified atom stereocenters. The molecule has 0 saturated heterocycles. The van der Waals surface area contributed by atoms with Crippen molar-refractivity contribution in [2.24, 2.45) is 0 Å². The molecule has 16 heavy (non-hydrogen) atoms. The molecule has 0 saturated carbocycles. The van der Waals surface area contributed by atoms with Gasteiger partial charge in [0.05, 0.1) is 6.10 Å². The lowest BCUT2D eigenvalue weighted by Crippen LogP contribution is -2.18. The summed E-state index contributed by atoms with van der Waals surface area (Å²) in [6.07, 6.45) is -5.41. The SMILES string of the molecule is O[C@@H]1CSCc2ccc(OC(F)(F)F)cc21. The van der Waals surface area contributed by atoms with Gasteiger partial charge in [0.1, 0.15) is 5.75 Å². The first-order valence-electron chi connectivity index (χ1n) is 4.60. The molecule has 0 bridgehead atoms. The summed E-state index contributed by atoms with van der Waals surface area (Å²) in [6, 6.07) is 4.09. The fourth-order valence-electron chi connectivity index (χ4n) is 1.58. The molecule has 6 heteroatoms. The van der Waals surface area contributed by atoms with Crippen LogP contribution in [0.1, 0.15) is 17.2 Å². The van der Waals surface area contributed by atoms with Crippen molar-refractivity contribution in [1.82, 2.24) is 0 Å². The monoisotopic (exact) mass is 250 g/mol. The Hall–Kier alpha value is -0.880. The summed E-state index contributed by atoms with van der Waals surface area (Å²) >= 11 is 1.55. The highest BCUT2D eigenvalue weighted by Gasteiger charge is 2.31. The molecule has 1 aromatic rings. The smallest absolute Gasteiger partial charge is 0.406 e. The zero-order chi connectivity index (χ0) is 11.8. The zero-order valence-corrected chi connectivity index (χ0v) is 8.94. The predicted molar refractivity (Wildman–Crippen MR) is 54.2 cm³/mol. The molecule has 0 aromatic heterocycles. The van der Waals surface area contributed by atoms with E-state index in [1.165, 1.54) is 12.1 Å². The lowest BCUT2D eigenvalue weighted by molar-refractivity contribution is -0.274. The van der Waals surface area contributed by atoms with Crippen LogP contribution in [-0.2, 0) is 5.75 Å². The second kappa shape index (κ2) is 4.18. The van der Waals surface area contributed by atoms with Gasteiger partial charge in [0.2, 0.25) is 0 Å². The van der Waals surface area contributed by atoms with E-state index < -0.39 is 12.5 Å². The van der Waals surface area contributed by atoms with Crippen molar-refractivity contribution < 1.29 is 23.0 Å². The molecule has 0 fully saturated rings. The molecule has 1 aromatic carbocycles. The van der Waals surface area contributed by atoms with Crippen molar-refractivity contribution in [3.63, 3.8) is 0 Å². The summed E-state index contributed by atoms with van der Waals surface area (Å²) < 4.78 is 39.7. The number of rotatable bonds is 1. The second-order valence-corrected chi connectivity index (χ2v) is 4.47. The van der Waals surface area contributed by atoms with E-state index in [0.717, 1.165) is 5.56 Å². The van der Waals surface area contributed by atoms with E-state index in [0.29, 0.717) is 17.1 Å². The van der Waals surface area contributed by atoms with Crippen molar-refractivity contribution in [1.29, 1.82) is 0 Å². The normalized spacial score (nSPS) is 20.4. The van der Waals surface area contributed by atoms with E-state index in [1.807, 2.05) is 0 Å². The molecule has 88 valence electrons. The molecule has 0 spiro atoms. The third kappa shape index (κ3) is 2.62. The summed E-state index contributed by atoms with van der Waals surface area (Å²) in [5.74, 6) is 0.929. The van der Waals surface area contributed by atoms with Gasteiger partial charge in [-0.2, -0.15) is 11.8 Å². The first-order chi connectivity index (χ1) is 7.46. The Morgan fingerprint density at radius 1 is 1.38 bits per heavy atom. The largest absolute Gasteiger partial charge is 0.573 e. The van der Waals surface area contributed by atoms with Crippen LogP contribution in [-0.4, -0.2) is 17.2 Å². The van der Waals surface area contributed by atoms with Crippen LogP contribution < -0.4 is 4.74 Å². The van der Waals surface area contributed by atoms with E-state index in [-0.39, 0.29) is 5.75 Å². The summed E-state index contributed by atoms with van der Waals surface area (Å²) in [5, 5.41) is 9.63. The number of benzene rings is 1. The van der Waals surface area contributed by atoms with Gasteiger partial charge in [-0.1, -0.05) is 6.07 Å². The molecule has 1 atom stereocenters. The molecular formula is C10H9F3O2S. The Morgan fingerprint density at radius 2 is 2.12 bits per heavy atom. The average Bonchev–Trinajstić information content (AvgIpc) is 2.17. The molecule has 0 amide bonds. The lowest BCUT2D eigenvalue weighted by Gasteiger charge is -2.21. The highest BCUT2D eigenvalue weighted by molar-refractivity contribution is 7.98. The van der Waals surface area contributed by atoms with Crippen molar-refractivity contribution in [2.75, 3.05) is 5.75 Å². The minimum Gasteiger partial charge on any atom is -0.406 e. The number of fused-ring (bicyclic) bond motifs is 1. The van der Waals surface area contributed by atoms with Crippen LogP contribution >= 0.6 is 11.8 Å². The number of hydrogen-bond acceptors (Lipinski definition) is 3. The number of aliphatic hydroxyl groups is 1. The number of aliphatic hydroxyl groups excluding tert-OH is 1. The zero-order valence-electron chi connectivity index (χ0n) is 8.12. The number of hydrogen-bond donors (Lipinski definition) is 1. The fraction of sp³-hybridized carbons (Fsp3) is 0.400. The Labute approximate surface area is 94.4 Å². The number of ether oxygens (including phenoxy) is 1. The van der Waals surface area contributed by atoms with Crippen LogP contribution in [0.5, 0.6) is 5.75 Å². The van der Waals surface area contributed by atoms with Crippen LogP contribution in [0.3, 0.4) is 0 Å². The maximum atomic E-state index is 12.0. The highest BCUT2D eigenvalue weighted by atomic mass is 32.2. The second-order valence-electron chi connectivity index (χ2n) is 3.44. The maximum absolute atomic E-state index is 12.0. The summed E-state index contributed by atoms with van der Waals surface area (Å²) in [4.78, 5) is 0. The molecule has 0 radical (unpaired) electrons.